The third-order valence-electron chi connectivity index (χ3n) is 4.77. The minimum absolute atomic E-state index is 0.148. The van der Waals surface area contributed by atoms with Gasteiger partial charge in [-0.25, -0.2) is 4.98 Å². The normalized spacial score (nSPS) is 27.6. The number of nitrogens with zero attached hydrogens (tertiary/aromatic N) is 3. The predicted octanol–water partition coefficient (Wildman–Crippen LogP) is 0.571. The average molecular weight is 292 g/mol. The van der Waals surface area contributed by atoms with Gasteiger partial charge in [0.2, 0.25) is 5.91 Å². The summed E-state index contributed by atoms with van der Waals surface area (Å²) in [7, 11) is 0. The molecule has 2 aliphatic rings. The molecule has 0 radical (unpaired) electrons. The van der Waals surface area contributed by atoms with Gasteiger partial charge in [-0.3, -0.25) is 9.69 Å². The molecule has 1 aromatic rings. The number of carbonyl (C=O) groups is 1. The summed E-state index contributed by atoms with van der Waals surface area (Å²) in [6.45, 7) is 4.60. The van der Waals surface area contributed by atoms with Crippen LogP contribution >= 0.6 is 0 Å². The van der Waals surface area contributed by atoms with E-state index in [1.807, 2.05) is 6.20 Å². The summed E-state index contributed by atoms with van der Waals surface area (Å²) in [6, 6.07) is 0.434. The number of amides is 1. The van der Waals surface area contributed by atoms with E-state index in [0.717, 1.165) is 31.6 Å². The summed E-state index contributed by atoms with van der Waals surface area (Å²) in [5.41, 5.74) is 0. The van der Waals surface area contributed by atoms with E-state index in [9.17, 15) is 9.90 Å². The fourth-order valence-corrected chi connectivity index (χ4v) is 3.41. The Kier molecular flexibility index (Phi) is 4.26. The number of piperidine rings is 1. The molecule has 0 aromatic carbocycles. The van der Waals surface area contributed by atoms with Crippen molar-refractivity contribution in [1.82, 2.24) is 19.8 Å². The van der Waals surface area contributed by atoms with Crippen molar-refractivity contribution in [3.05, 3.63) is 18.2 Å². The number of carbonyl (C=O) groups excluding carboxylic acids is 1. The molecule has 1 amide bonds. The van der Waals surface area contributed by atoms with E-state index in [-0.39, 0.29) is 12.0 Å². The van der Waals surface area contributed by atoms with Gasteiger partial charge in [0.15, 0.2) is 0 Å². The standard InChI is InChI=1S/C15H24N4O2/c1-2-12-7-11(15-16-4-5-17-15)3-6-18(12)10-14(21)19-8-13(20)9-19/h4-5,11-13,20H,2-3,6-10H2,1H3,(H,16,17). The molecule has 2 saturated heterocycles. The lowest BCUT2D eigenvalue weighted by molar-refractivity contribution is -0.143. The van der Waals surface area contributed by atoms with Crippen LogP contribution in [0.25, 0.3) is 0 Å². The number of likely N-dealkylation sites (tertiary alicyclic amines) is 2. The number of imidazole rings is 1. The minimum Gasteiger partial charge on any atom is -0.389 e. The van der Waals surface area contributed by atoms with Gasteiger partial charge in [-0.15, -0.1) is 0 Å². The van der Waals surface area contributed by atoms with E-state index in [0.29, 0.717) is 31.6 Å². The van der Waals surface area contributed by atoms with E-state index >= 15 is 0 Å². The van der Waals surface area contributed by atoms with Gasteiger partial charge in [0.1, 0.15) is 5.82 Å². The number of nitrogens with one attached hydrogen (secondary N) is 1. The molecule has 21 heavy (non-hydrogen) atoms. The van der Waals surface area contributed by atoms with Crippen LogP contribution in [0.1, 0.15) is 37.9 Å². The van der Waals surface area contributed by atoms with Gasteiger partial charge in [-0.05, 0) is 25.8 Å². The van der Waals surface area contributed by atoms with Gasteiger partial charge >= 0.3 is 0 Å². The second-order valence-electron chi connectivity index (χ2n) is 6.18. The molecule has 1 aromatic heterocycles. The van der Waals surface area contributed by atoms with Crippen LogP contribution in [0.15, 0.2) is 12.4 Å². The number of aromatic nitrogens is 2. The monoisotopic (exact) mass is 292 g/mol. The van der Waals surface area contributed by atoms with Crippen molar-refractivity contribution < 1.29 is 9.90 Å². The van der Waals surface area contributed by atoms with Crippen LogP contribution in [-0.2, 0) is 4.79 Å². The zero-order chi connectivity index (χ0) is 14.8. The van der Waals surface area contributed by atoms with E-state index in [2.05, 4.69) is 21.8 Å². The van der Waals surface area contributed by atoms with Gasteiger partial charge in [0.05, 0.1) is 12.6 Å². The van der Waals surface area contributed by atoms with Gasteiger partial charge in [0.25, 0.3) is 0 Å². The van der Waals surface area contributed by atoms with Gasteiger partial charge in [-0.2, -0.15) is 0 Å². The number of β-amino-alcohol motifs (C(OH)–C–C–N with tert-alkyl or cyclic N) is 1. The number of H-pyrrole nitrogens is 1. The summed E-state index contributed by atoms with van der Waals surface area (Å²) in [5.74, 6) is 1.70. The second-order valence-corrected chi connectivity index (χ2v) is 6.18. The lowest BCUT2D eigenvalue weighted by Gasteiger charge is -2.41. The number of rotatable bonds is 4. The molecular formula is C15H24N4O2. The first-order valence-corrected chi connectivity index (χ1v) is 7.86. The zero-order valence-electron chi connectivity index (χ0n) is 12.5. The van der Waals surface area contributed by atoms with Crippen molar-refractivity contribution in [2.45, 2.75) is 44.2 Å². The first-order valence-electron chi connectivity index (χ1n) is 7.86. The van der Waals surface area contributed by atoms with Crippen LogP contribution in [0.2, 0.25) is 0 Å². The maximum absolute atomic E-state index is 12.2. The Morgan fingerprint density at radius 2 is 2.33 bits per heavy atom. The summed E-state index contributed by atoms with van der Waals surface area (Å²) in [6.07, 6.45) is 6.51. The number of aliphatic hydroxyl groups is 1. The third-order valence-corrected chi connectivity index (χ3v) is 4.77. The molecule has 0 saturated carbocycles. The number of aliphatic hydroxyl groups excluding tert-OH is 1. The minimum atomic E-state index is -0.319. The number of hydrogen-bond acceptors (Lipinski definition) is 4. The van der Waals surface area contributed by atoms with Gasteiger partial charge in [-0.1, -0.05) is 6.92 Å². The predicted molar refractivity (Wildman–Crippen MR) is 78.8 cm³/mol. The Morgan fingerprint density at radius 1 is 1.52 bits per heavy atom. The Morgan fingerprint density at radius 3 is 2.95 bits per heavy atom. The van der Waals surface area contributed by atoms with Crippen molar-refractivity contribution in [2.24, 2.45) is 0 Å². The number of hydrogen-bond donors (Lipinski definition) is 2. The molecule has 2 aliphatic heterocycles. The Bertz CT molecular complexity index is 470. The van der Waals surface area contributed by atoms with E-state index in [4.69, 9.17) is 0 Å². The van der Waals surface area contributed by atoms with Crippen LogP contribution in [0.3, 0.4) is 0 Å². The highest BCUT2D eigenvalue weighted by molar-refractivity contribution is 5.79. The van der Waals surface area contributed by atoms with Crippen molar-refractivity contribution in [3.63, 3.8) is 0 Å². The van der Waals surface area contributed by atoms with Gasteiger partial charge in [0, 0.05) is 37.4 Å². The van der Waals surface area contributed by atoms with Crippen molar-refractivity contribution >= 4 is 5.91 Å². The smallest absolute Gasteiger partial charge is 0.236 e. The molecule has 6 nitrogen and oxygen atoms in total. The summed E-state index contributed by atoms with van der Waals surface area (Å²) in [5, 5.41) is 9.29. The SMILES string of the molecule is CCC1CC(c2ncc[nH]2)CCN1CC(=O)N1CC(O)C1. The van der Waals surface area contributed by atoms with E-state index in [1.165, 1.54) is 0 Å². The van der Waals surface area contributed by atoms with Crippen molar-refractivity contribution in [3.8, 4) is 0 Å². The molecular weight excluding hydrogens is 268 g/mol. The zero-order valence-corrected chi connectivity index (χ0v) is 12.5. The highest BCUT2D eigenvalue weighted by Crippen LogP contribution is 2.31. The molecule has 2 atom stereocenters. The second kappa shape index (κ2) is 6.15. The van der Waals surface area contributed by atoms with Crippen LogP contribution in [0.4, 0.5) is 0 Å². The molecule has 0 bridgehead atoms. The topological polar surface area (TPSA) is 72.5 Å². The highest BCUT2D eigenvalue weighted by atomic mass is 16.3. The maximum Gasteiger partial charge on any atom is 0.236 e. The molecule has 3 rings (SSSR count). The summed E-state index contributed by atoms with van der Waals surface area (Å²) in [4.78, 5) is 23.8. The third kappa shape index (κ3) is 3.11. The molecule has 2 fully saturated rings. The van der Waals surface area contributed by atoms with Gasteiger partial charge < -0.3 is 15.0 Å². The first-order chi connectivity index (χ1) is 10.2. The highest BCUT2D eigenvalue weighted by Gasteiger charge is 2.34. The maximum atomic E-state index is 12.2. The fraction of sp³-hybridized carbons (Fsp3) is 0.733. The molecule has 0 aliphatic carbocycles. The van der Waals surface area contributed by atoms with Crippen LogP contribution in [0, 0.1) is 0 Å². The Labute approximate surface area is 125 Å². The van der Waals surface area contributed by atoms with E-state index < -0.39 is 0 Å². The average Bonchev–Trinajstić information content (AvgIpc) is 2.98. The molecule has 0 spiro atoms. The summed E-state index contributed by atoms with van der Waals surface area (Å²) >= 11 is 0. The molecule has 6 heteroatoms. The fourth-order valence-electron chi connectivity index (χ4n) is 3.41. The molecule has 2 N–H and O–H groups in total. The molecule has 2 unspecified atom stereocenters. The van der Waals surface area contributed by atoms with Crippen LogP contribution in [0.5, 0.6) is 0 Å². The van der Waals surface area contributed by atoms with Crippen LogP contribution < -0.4 is 0 Å². The Balaban J connectivity index is 1.56. The summed E-state index contributed by atoms with van der Waals surface area (Å²) < 4.78 is 0. The van der Waals surface area contributed by atoms with Crippen molar-refractivity contribution in [1.29, 1.82) is 0 Å². The number of aromatic amines is 1. The molecule has 116 valence electrons. The van der Waals surface area contributed by atoms with E-state index in [1.54, 1.807) is 11.1 Å². The molecule has 3 heterocycles. The first kappa shape index (κ1) is 14.5. The largest absolute Gasteiger partial charge is 0.389 e. The quantitative estimate of drug-likeness (QED) is 0.851. The lowest BCUT2D eigenvalue weighted by Crippen LogP contribution is -2.57. The van der Waals surface area contributed by atoms with Crippen LogP contribution in [-0.4, -0.2) is 69.1 Å². The van der Waals surface area contributed by atoms with Crippen molar-refractivity contribution in [2.75, 3.05) is 26.2 Å². The lowest BCUT2D eigenvalue weighted by atomic mass is 9.89. The Hall–Kier alpha value is -1.40.